The summed E-state index contributed by atoms with van der Waals surface area (Å²) >= 11 is 0. The predicted octanol–water partition coefficient (Wildman–Crippen LogP) is 1.75. The minimum atomic E-state index is 0.711. The van der Waals surface area contributed by atoms with Gasteiger partial charge in [-0.2, -0.15) is 0 Å². The number of hydrogen-bond acceptors (Lipinski definition) is 4. The van der Waals surface area contributed by atoms with E-state index in [-0.39, 0.29) is 0 Å². The molecule has 1 heterocycles. The number of ether oxygens (including phenoxy) is 2. The van der Waals surface area contributed by atoms with E-state index in [0.717, 1.165) is 42.3 Å². The summed E-state index contributed by atoms with van der Waals surface area (Å²) in [7, 11) is 3.38. The lowest BCUT2D eigenvalue weighted by Gasteiger charge is -2.06. The van der Waals surface area contributed by atoms with Crippen molar-refractivity contribution in [2.24, 2.45) is 0 Å². The molecule has 2 N–H and O–H groups in total. The van der Waals surface area contributed by atoms with Crippen LogP contribution in [0.3, 0.4) is 0 Å². The van der Waals surface area contributed by atoms with E-state index in [1.807, 2.05) is 24.4 Å². The Morgan fingerprint density at radius 2 is 2.10 bits per heavy atom. The Morgan fingerprint density at radius 1 is 1.25 bits per heavy atom. The average Bonchev–Trinajstić information content (AvgIpc) is 2.92. The fourth-order valence-electron chi connectivity index (χ4n) is 2.01. The number of benzene rings is 1. The number of methoxy groups -OCH3 is 2. The maximum absolute atomic E-state index is 5.35. The first-order chi connectivity index (χ1) is 9.83. The molecule has 0 unspecified atom stereocenters. The summed E-state index contributed by atoms with van der Waals surface area (Å²) in [5.74, 6) is 1.83. The number of aromatic amines is 1. The molecule has 1 aromatic heterocycles. The summed E-state index contributed by atoms with van der Waals surface area (Å²) in [5, 5.41) is 3.28. The van der Waals surface area contributed by atoms with Gasteiger partial charge in [0.25, 0.3) is 0 Å². The number of para-hydroxylation sites is 1. The topological polar surface area (TPSA) is 59.2 Å². The molecule has 0 spiro atoms. The minimum Gasteiger partial charge on any atom is -0.496 e. The van der Waals surface area contributed by atoms with Crippen LogP contribution in [-0.4, -0.2) is 37.3 Å². The largest absolute Gasteiger partial charge is 0.496 e. The molecule has 0 aliphatic heterocycles. The molecule has 0 radical (unpaired) electrons. The lowest BCUT2D eigenvalue weighted by atomic mass is 10.1. The number of nitrogens with one attached hydrogen (secondary N) is 2. The molecule has 2 aromatic rings. The zero-order valence-corrected chi connectivity index (χ0v) is 12.0. The standard InChI is InChI=1S/C15H21N3O2/c1-19-8-7-16-10-13-11-17-15(18-13)9-12-5-3-4-6-14(12)20-2/h3-6,11,16H,7-10H2,1-2H3,(H,17,18). The molecule has 0 saturated carbocycles. The molecule has 0 amide bonds. The Hall–Kier alpha value is -1.85. The Kier molecular flexibility index (Phi) is 5.58. The highest BCUT2D eigenvalue weighted by Gasteiger charge is 2.06. The van der Waals surface area contributed by atoms with Crippen LogP contribution in [0.5, 0.6) is 5.75 Å². The van der Waals surface area contributed by atoms with E-state index in [9.17, 15) is 0 Å². The number of aromatic nitrogens is 2. The van der Waals surface area contributed by atoms with Gasteiger partial charge in [-0.15, -0.1) is 0 Å². The highest BCUT2D eigenvalue weighted by atomic mass is 16.5. The summed E-state index contributed by atoms with van der Waals surface area (Å²) in [6, 6.07) is 7.99. The van der Waals surface area contributed by atoms with Crippen LogP contribution in [0.1, 0.15) is 17.1 Å². The van der Waals surface area contributed by atoms with E-state index in [1.165, 1.54) is 0 Å². The fraction of sp³-hybridized carbons (Fsp3) is 0.400. The number of rotatable bonds is 8. The molecule has 0 fully saturated rings. The van der Waals surface area contributed by atoms with E-state index in [4.69, 9.17) is 9.47 Å². The van der Waals surface area contributed by atoms with Gasteiger partial charge in [-0.05, 0) is 6.07 Å². The second kappa shape index (κ2) is 7.67. The van der Waals surface area contributed by atoms with Crippen molar-refractivity contribution in [3.63, 3.8) is 0 Å². The van der Waals surface area contributed by atoms with Gasteiger partial charge in [0.2, 0.25) is 0 Å². The zero-order valence-electron chi connectivity index (χ0n) is 12.0. The van der Waals surface area contributed by atoms with Gasteiger partial charge in [0.1, 0.15) is 11.6 Å². The zero-order chi connectivity index (χ0) is 14.2. The van der Waals surface area contributed by atoms with Crippen molar-refractivity contribution in [1.82, 2.24) is 15.3 Å². The molecule has 20 heavy (non-hydrogen) atoms. The van der Waals surface area contributed by atoms with E-state index < -0.39 is 0 Å². The molecule has 2 rings (SSSR count). The maximum Gasteiger partial charge on any atom is 0.122 e. The van der Waals surface area contributed by atoms with Crippen LogP contribution >= 0.6 is 0 Å². The van der Waals surface area contributed by atoms with Crippen LogP contribution in [0.2, 0.25) is 0 Å². The molecule has 0 bridgehead atoms. The summed E-state index contributed by atoms with van der Waals surface area (Å²) in [6.45, 7) is 2.31. The van der Waals surface area contributed by atoms with Crippen molar-refractivity contribution >= 4 is 0 Å². The van der Waals surface area contributed by atoms with E-state index >= 15 is 0 Å². The summed E-state index contributed by atoms with van der Waals surface area (Å²) in [4.78, 5) is 7.72. The molecule has 5 heteroatoms. The van der Waals surface area contributed by atoms with Crippen molar-refractivity contribution in [3.8, 4) is 5.75 Å². The van der Waals surface area contributed by atoms with Gasteiger partial charge in [-0.25, -0.2) is 4.98 Å². The number of nitrogens with zero attached hydrogens (tertiary/aromatic N) is 1. The third-order valence-corrected chi connectivity index (χ3v) is 3.03. The Bertz CT molecular complexity index is 525. The Morgan fingerprint density at radius 3 is 2.90 bits per heavy atom. The van der Waals surface area contributed by atoms with Crippen molar-refractivity contribution in [2.45, 2.75) is 13.0 Å². The normalized spacial score (nSPS) is 10.7. The highest BCUT2D eigenvalue weighted by molar-refractivity contribution is 5.35. The van der Waals surface area contributed by atoms with Crippen molar-refractivity contribution in [2.75, 3.05) is 27.4 Å². The smallest absolute Gasteiger partial charge is 0.122 e. The highest BCUT2D eigenvalue weighted by Crippen LogP contribution is 2.19. The summed E-state index contributed by atoms with van der Waals surface area (Å²) < 4.78 is 10.3. The molecule has 0 aliphatic carbocycles. The number of imidazole rings is 1. The van der Waals surface area contributed by atoms with Gasteiger partial charge >= 0.3 is 0 Å². The third kappa shape index (κ3) is 4.08. The van der Waals surface area contributed by atoms with Gasteiger partial charge < -0.3 is 19.8 Å². The molecule has 0 aliphatic rings. The monoisotopic (exact) mass is 275 g/mol. The van der Waals surface area contributed by atoms with Crippen LogP contribution in [0, 0.1) is 0 Å². The lowest BCUT2D eigenvalue weighted by molar-refractivity contribution is 0.199. The fourth-order valence-corrected chi connectivity index (χ4v) is 2.01. The van der Waals surface area contributed by atoms with Crippen molar-refractivity contribution in [3.05, 3.63) is 47.5 Å². The van der Waals surface area contributed by atoms with Crippen LogP contribution in [-0.2, 0) is 17.7 Å². The second-order valence-electron chi connectivity index (χ2n) is 4.51. The van der Waals surface area contributed by atoms with Gasteiger partial charge in [0.05, 0.1) is 13.7 Å². The maximum atomic E-state index is 5.35. The van der Waals surface area contributed by atoms with E-state index in [1.54, 1.807) is 14.2 Å². The minimum absolute atomic E-state index is 0.711. The first-order valence-electron chi connectivity index (χ1n) is 6.67. The average molecular weight is 275 g/mol. The van der Waals surface area contributed by atoms with Crippen LogP contribution in [0.15, 0.2) is 30.5 Å². The third-order valence-electron chi connectivity index (χ3n) is 3.03. The van der Waals surface area contributed by atoms with Gasteiger partial charge in [0.15, 0.2) is 0 Å². The molecular formula is C15H21N3O2. The van der Waals surface area contributed by atoms with E-state index in [2.05, 4.69) is 21.4 Å². The van der Waals surface area contributed by atoms with Crippen LogP contribution < -0.4 is 10.1 Å². The van der Waals surface area contributed by atoms with E-state index in [0.29, 0.717) is 6.61 Å². The first-order valence-corrected chi connectivity index (χ1v) is 6.67. The predicted molar refractivity (Wildman–Crippen MR) is 78.0 cm³/mol. The quantitative estimate of drug-likeness (QED) is 0.721. The first kappa shape index (κ1) is 14.6. The van der Waals surface area contributed by atoms with Crippen LogP contribution in [0.4, 0.5) is 0 Å². The Labute approximate surface area is 119 Å². The second-order valence-corrected chi connectivity index (χ2v) is 4.51. The lowest BCUT2D eigenvalue weighted by Crippen LogP contribution is -2.18. The van der Waals surface area contributed by atoms with Gasteiger partial charge in [-0.1, -0.05) is 18.2 Å². The molecular weight excluding hydrogens is 254 g/mol. The summed E-state index contributed by atoms with van der Waals surface area (Å²) in [5.41, 5.74) is 2.20. The molecule has 0 atom stereocenters. The molecule has 5 nitrogen and oxygen atoms in total. The number of H-pyrrole nitrogens is 1. The SMILES string of the molecule is COCCNCc1cnc(Cc2ccccc2OC)[nH]1. The number of hydrogen-bond donors (Lipinski definition) is 2. The molecule has 108 valence electrons. The van der Waals surface area contributed by atoms with Crippen LogP contribution in [0.25, 0.3) is 0 Å². The van der Waals surface area contributed by atoms with Gasteiger partial charge in [-0.3, -0.25) is 0 Å². The summed E-state index contributed by atoms with van der Waals surface area (Å²) in [6.07, 6.45) is 2.60. The van der Waals surface area contributed by atoms with Crippen molar-refractivity contribution < 1.29 is 9.47 Å². The Balaban J connectivity index is 1.92. The van der Waals surface area contributed by atoms with Crippen molar-refractivity contribution in [1.29, 1.82) is 0 Å². The molecule has 0 saturated heterocycles. The molecule has 1 aromatic carbocycles. The van der Waals surface area contributed by atoms with Gasteiger partial charge in [0, 0.05) is 44.1 Å².